The number of H-pyrrole nitrogens is 1. The molecule has 0 spiro atoms. The number of nitrogens with one attached hydrogen (secondary N) is 3. The van der Waals surface area contributed by atoms with E-state index in [-0.39, 0.29) is 12.1 Å². The highest BCUT2D eigenvalue weighted by Crippen LogP contribution is 2.20. The molecule has 1 aromatic carbocycles. The molecule has 1 aromatic heterocycles. The lowest BCUT2D eigenvalue weighted by atomic mass is 10.2. The second-order valence-corrected chi connectivity index (χ2v) is 6.34. The first kappa shape index (κ1) is 17.1. The van der Waals surface area contributed by atoms with Crippen LogP contribution in [0.4, 0.5) is 15.3 Å². The highest BCUT2D eigenvalue weighted by Gasteiger charge is 2.18. The Morgan fingerprint density at radius 3 is 3.04 bits per heavy atom. The van der Waals surface area contributed by atoms with Crippen LogP contribution >= 0.6 is 0 Å². The highest BCUT2D eigenvalue weighted by atomic mass is 16.6. The van der Waals surface area contributed by atoms with Gasteiger partial charge in [0.25, 0.3) is 0 Å². The second kappa shape index (κ2) is 7.42. The van der Waals surface area contributed by atoms with E-state index in [4.69, 9.17) is 4.74 Å². The summed E-state index contributed by atoms with van der Waals surface area (Å²) >= 11 is 0. The van der Waals surface area contributed by atoms with Crippen molar-refractivity contribution in [3.63, 3.8) is 0 Å². The molecule has 0 saturated carbocycles. The summed E-state index contributed by atoms with van der Waals surface area (Å²) in [6, 6.07) is 5.23. The lowest BCUT2D eigenvalue weighted by Gasteiger charge is -2.26. The molecular weight excluding hydrogens is 322 g/mol. The monoisotopic (exact) mass is 345 g/mol. The van der Waals surface area contributed by atoms with Gasteiger partial charge in [0, 0.05) is 31.2 Å². The summed E-state index contributed by atoms with van der Waals surface area (Å²) in [5, 5.41) is 5.53. The van der Waals surface area contributed by atoms with Gasteiger partial charge in [-0.25, -0.2) is 14.6 Å². The Morgan fingerprint density at radius 1 is 1.44 bits per heavy atom. The van der Waals surface area contributed by atoms with Gasteiger partial charge >= 0.3 is 12.1 Å². The fraction of sp³-hybridized carbons (Fsp3) is 0.471. The summed E-state index contributed by atoms with van der Waals surface area (Å²) in [4.78, 5) is 32.9. The van der Waals surface area contributed by atoms with E-state index in [0.29, 0.717) is 37.8 Å². The molecule has 3 N–H and O–H groups in total. The minimum Gasteiger partial charge on any atom is -0.449 e. The number of rotatable bonds is 5. The molecule has 8 nitrogen and oxygen atoms in total. The molecule has 3 rings (SSSR count). The third kappa shape index (κ3) is 4.20. The average molecular weight is 345 g/mol. The van der Waals surface area contributed by atoms with Crippen LogP contribution < -0.4 is 10.6 Å². The lowest BCUT2D eigenvalue weighted by molar-refractivity contribution is 0.0736. The van der Waals surface area contributed by atoms with Gasteiger partial charge in [0.1, 0.15) is 5.82 Å². The Kier molecular flexibility index (Phi) is 5.06. The van der Waals surface area contributed by atoms with Crippen LogP contribution in [0.3, 0.4) is 0 Å². The van der Waals surface area contributed by atoms with E-state index in [1.54, 1.807) is 4.90 Å². The Labute approximate surface area is 145 Å². The first-order valence-electron chi connectivity index (χ1n) is 8.49. The predicted octanol–water partition coefficient (Wildman–Crippen LogP) is 2.65. The number of cyclic esters (lactones) is 1. The number of imidazole rings is 1. The first-order valence-corrected chi connectivity index (χ1v) is 8.49. The summed E-state index contributed by atoms with van der Waals surface area (Å²) < 4.78 is 4.95. The number of urea groups is 1. The normalized spacial score (nSPS) is 14.7. The van der Waals surface area contributed by atoms with Gasteiger partial charge in [-0.3, -0.25) is 0 Å². The van der Waals surface area contributed by atoms with Crippen molar-refractivity contribution in [3.05, 3.63) is 24.0 Å². The van der Waals surface area contributed by atoms with E-state index >= 15 is 0 Å². The van der Waals surface area contributed by atoms with Crippen LogP contribution in [-0.4, -0.2) is 53.2 Å². The van der Waals surface area contributed by atoms with E-state index in [0.717, 1.165) is 23.3 Å². The zero-order valence-corrected chi connectivity index (χ0v) is 14.5. The zero-order chi connectivity index (χ0) is 17.8. The van der Waals surface area contributed by atoms with E-state index < -0.39 is 0 Å². The van der Waals surface area contributed by atoms with Gasteiger partial charge in [0.2, 0.25) is 0 Å². The molecule has 2 aromatic rings. The number of carbonyl (C=O) groups excluding carboxylic acids is 2. The molecule has 0 unspecified atom stereocenters. The Balaban J connectivity index is 1.52. The maximum atomic E-state index is 12.0. The number of ether oxygens (including phenoxy) is 1. The molecule has 25 heavy (non-hydrogen) atoms. The van der Waals surface area contributed by atoms with Gasteiger partial charge in [-0.15, -0.1) is 0 Å². The number of benzene rings is 1. The fourth-order valence-corrected chi connectivity index (χ4v) is 2.66. The van der Waals surface area contributed by atoms with Gasteiger partial charge in [0.05, 0.1) is 17.6 Å². The van der Waals surface area contributed by atoms with Crippen LogP contribution in [0.15, 0.2) is 18.2 Å². The molecule has 3 amide bonds. The van der Waals surface area contributed by atoms with Gasteiger partial charge in [0.15, 0.2) is 0 Å². The molecule has 1 aliphatic rings. The van der Waals surface area contributed by atoms with Crippen LogP contribution in [0.1, 0.15) is 32.0 Å². The molecule has 1 fully saturated rings. The van der Waals surface area contributed by atoms with Crippen molar-refractivity contribution in [2.75, 3.05) is 31.6 Å². The van der Waals surface area contributed by atoms with Crippen LogP contribution in [0.2, 0.25) is 0 Å². The Hall–Kier alpha value is -2.77. The van der Waals surface area contributed by atoms with Crippen molar-refractivity contribution < 1.29 is 14.3 Å². The topological polar surface area (TPSA) is 99.3 Å². The number of carbonyl (C=O) groups is 2. The van der Waals surface area contributed by atoms with Crippen molar-refractivity contribution in [2.24, 2.45) is 0 Å². The van der Waals surface area contributed by atoms with Gasteiger partial charge < -0.3 is 25.3 Å². The molecule has 2 heterocycles. The number of fused-ring (bicyclic) bond motifs is 1. The van der Waals surface area contributed by atoms with Gasteiger partial charge in [-0.2, -0.15) is 0 Å². The van der Waals surface area contributed by atoms with E-state index in [2.05, 4.69) is 34.4 Å². The maximum Gasteiger partial charge on any atom is 0.409 e. The zero-order valence-electron chi connectivity index (χ0n) is 14.5. The van der Waals surface area contributed by atoms with Crippen molar-refractivity contribution in [1.82, 2.24) is 20.2 Å². The number of anilines is 1. The summed E-state index contributed by atoms with van der Waals surface area (Å²) in [5.74, 6) is 1.23. The second-order valence-electron chi connectivity index (χ2n) is 6.34. The quantitative estimate of drug-likeness (QED) is 0.775. The van der Waals surface area contributed by atoms with Crippen LogP contribution in [0, 0.1) is 0 Å². The number of hydrogen-bond acceptors (Lipinski definition) is 4. The number of aromatic nitrogens is 2. The standard InChI is InChI=1S/C17H23N5O3/c1-11(2)15-20-13-5-4-12(10-14(13)21-15)19-16(23)18-6-8-22-7-3-9-25-17(22)24/h4-5,10-11H,3,6-9H2,1-2H3,(H,20,21)(H2,18,19,23). The van der Waals surface area contributed by atoms with E-state index in [1.165, 1.54) is 0 Å². The molecule has 0 bridgehead atoms. The third-order valence-electron chi connectivity index (χ3n) is 4.03. The van der Waals surface area contributed by atoms with Crippen molar-refractivity contribution >= 4 is 28.8 Å². The summed E-state index contributed by atoms with van der Waals surface area (Å²) in [7, 11) is 0. The van der Waals surface area contributed by atoms with Gasteiger partial charge in [-0.1, -0.05) is 13.8 Å². The smallest absolute Gasteiger partial charge is 0.409 e. The highest BCUT2D eigenvalue weighted by molar-refractivity contribution is 5.91. The minimum absolute atomic E-state index is 0.312. The summed E-state index contributed by atoms with van der Waals surface area (Å²) in [6.07, 6.45) is 0.500. The van der Waals surface area contributed by atoms with E-state index in [1.807, 2.05) is 18.2 Å². The lowest BCUT2D eigenvalue weighted by Crippen LogP contribution is -2.43. The fourth-order valence-electron chi connectivity index (χ4n) is 2.66. The number of hydrogen-bond donors (Lipinski definition) is 3. The van der Waals surface area contributed by atoms with Crippen molar-refractivity contribution in [3.8, 4) is 0 Å². The molecule has 1 aliphatic heterocycles. The molecular formula is C17H23N5O3. The minimum atomic E-state index is -0.320. The molecule has 0 aliphatic carbocycles. The van der Waals surface area contributed by atoms with Crippen LogP contribution in [0.5, 0.6) is 0 Å². The SMILES string of the molecule is CC(C)c1nc2ccc(NC(=O)NCCN3CCCOC3=O)cc2[nH]1. The molecule has 134 valence electrons. The number of aromatic amines is 1. The maximum absolute atomic E-state index is 12.0. The Bertz CT molecular complexity index is 771. The number of amides is 3. The van der Waals surface area contributed by atoms with E-state index in [9.17, 15) is 9.59 Å². The first-order chi connectivity index (χ1) is 12.0. The van der Waals surface area contributed by atoms with Crippen molar-refractivity contribution in [2.45, 2.75) is 26.2 Å². The molecule has 0 radical (unpaired) electrons. The summed E-state index contributed by atoms with van der Waals surface area (Å²) in [6.45, 7) is 6.08. The van der Waals surface area contributed by atoms with Gasteiger partial charge in [-0.05, 0) is 24.6 Å². The van der Waals surface area contributed by atoms with Crippen LogP contribution in [0.25, 0.3) is 11.0 Å². The van der Waals surface area contributed by atoms with Crippen molar-refractivity contribution in [1.29, 1.82) is 0 Å². The summed E-state index contributed by atoms with van der Waals surface area (Å²) in [5.41, 5.74) is 2.44. The number of nitrogens with zero attached hydrogens (tertiary/aromatic N) is 2. The molecule has 1 saturated heterocycles. The third-order valence-corrected chi connectivity index (χ3v) is 4.03. The average Bonchev–Trinajstić information content (AvgIpc) is 3.00. The predicted molar refractivity (Wildman–Crippen MR) is 94.7 cm³/mol. The molecule has 8 heteroatoms. The van der Waals surface area contributed by atoms with Crippen LogP contribution in [-0.2, 0) is 4.74 Å². The molecule has 0 atom stereocenters. The largest absolute Gasteiger partial charge is 0.449 e. The Morgan fingerprint density at radius 2 is 2.28 bits per heavy atom.